The van der Waals surface area contributed by atoms with Crippen molar-refractivity contribution >= 4 is 5.96 Å². The summed E-state index contributed by atoms with van der Waals surface area (Å²) in [6.45, 7) is 1.67. The second-order valence-electron chi connectivity index (χ2n) is 5.48. The topological polar surface area (TPSA) is 66.3 Å². The van der Waals surface area contributed by atoms with E-state index < -0.39 is 0 Å². The Labute approximate surface area is 148 Å². The minimum atomic E-state index is 0.221. The molecule has 6 nitrogen and oxygen atoms in total. The van der Waals surface area contributed by atoms with Gasteiger partial charge >= 0.3 is 0 Å². The minimum Gasteiger partial charge on any atom is -0.508 e. The molecule has 2 N–H and O–H groups in total. The van der Waals surface area contributed by atoms with Gasteiger partial charge in [0, 0.05) is 26.2 Å². The van der Waals surface area contributed by atoms with E-state index in [1.807, 2.05) is 42.3 Å². The fourth-order valence-electron chi connectivity index (χ4n) is 2.31. The van der Waals surface area contributed by atoms with Gasteiger partial charge in [0.15, 0.2) is 5.96 Å². The third-order valence-electron chi connectivity index (χ3n) is 3.74. The zero-order chi connectivity index (χ0) is 18.1. The zero-order valence-electron chi connectivity index (χ0n) is 14.9. The Hall–Kier alpha value is -2.89. The molecule has 0 radical (unpaired) electrons. The number of hydrogen-bond donors (Lipinski definition) is 2. The van der Waals surface area contributed by atoms with Crippen LogP contribution in [0.2, 0.25) is 0 Å². The molecule has 0 saturated carbocycles. The minimum absolute atomic E-state index is 0.221. The summed E-state index contributed by atoms with van der Waals surface area (Å²) in [6.07, 6.45) is 0. The van der Waals surface area contributed by atoms with Gasteiger partial charge in [0.1, 0.15) is 23.9 Å². The monoisotopic (exact) mass is 343 g/mol. The van der Waals surface area contributed by atoms with Gasteiger partial charge in [-0.1, -0.05) is 18.2 Å². The van der Waals surface area contributed by atoms with Crippen LogP contribution >= 0.6 is 0 Å². The molecular weight excluding hydrogens is 318 g/mol. The van der Waals surface area contributed by atoms with Gasteiger partial charge < -0.3 is 24.8 Å². The van der Waals surface area contributed by atoms with Gasteiger partial charge in [-0.3, -0.25) is 4.99 Å². The summed E-state index contributed by atoms with van der Waals surface area (Å²) in [5.41, 5.74) is 0.745. The van der Waals surface area contributed by atoms with Crippen LogP contribution in [0, 0.1) is 0 Å². The molecule has 0 saturated heterocycles. The van der Waals surface area contributed by atoms with Gasteiger partial charge in [0.25, 0.3) is 0 Å². The lowest BCUT2D eigenvalue weighted by Gasteiger charge is -2.22. The first kappa shape index (κ1) is 18.4. The fraction of sp³-hybridized carbons (Fsp3) is 0.316. The highest BCUT2D eigenvalue weighted by Crippen LogP contribution is 2.22. The van der Waals surface area contributed by atoms with Crippen molar-refractivity contribution in [3.8, 4) is 17.2 Å². The highest BCUT2D eigenvalue weighted by atomic mass is 16.5. The lowest BCUT2D eigenvalue weighted by molar-refractivity contribution is 0.281. The second kappa shape index (κ2) is 9.42. The van der Waals surface area contributed by atoms with Gasteiger partial charge in [-0.15, -0.1) is 0 Å². The number of para-hydroxylation sites is 1. The van der Waals surface area contributed by atoms with Crippen molar-refractivity contribution in [1.29, 1.82) is 0 Å². The van der Waals surface area contributed by atoms with E-state index in [-0.39, 0.29) is 5.75 Å². The smallest absolute Gasteiger partial charge is 0.193 e. The summed E-state index contributed by atoms with van der Waals surface area (Å²) >= 11 is 0. The summed E-state index contributed by atoms with van der Waals surface area (Å²) in [5, 5.41) is 13.2. The Kier molecular flexibility index (Phi) is 6.95. The molecule has 25 heavy (non-hydrogen) atoms. The van der Waals surface area contributed by atoms with Crippen LogP contribution in [0.1, 0.15) is 5.56 Å². The number of benzene rings is 2. The quantitative estimate of drug-likeness (QED) is 0.597. The third-order valence-corrected chi connectivity index (χ3v) is 3.74. The van der Waals surface area contributed by atoms with Crippen LogP contribution in [-0.4, -0.2) is 50.3 Å². The molecule has 2 aromatic rings. The average molecular weight is 343 g/mol. The Morgan fingerprint density at radius 3 is 2.60 bits per heavy atom. The van der Waals surface area contributed by atoms with Crippen LogP contribution in [0.3, 0.4) is 0 Å². The number of methoxy groups -OCH3 is 1. The number of phenolic OH excluding ortho intramolecular Hbond substituents is 1. The Morgan fingerprint density at radius 1 is 1.16 bits per heavy atom. The Morgan fingerprint density at radius 2 is 1.92 bits per heavy atom. The molecule has 0 aliphatic rings. The molecule has 0 spiro atoms. The predicted molar refractivity (Wildman–Crippen MR) is 99.4 cm³/mol. The van der Waals surface area contributed by atoms with E-state index >= 15 is 0 Å². The predicted octanol–water partition coefficient (Wildman–Crippen LogP) is 2.49. The van der Waals surface area contributed by atoms with Gasteiger partial charge in [-0.2, -0.15) is 0 Å². The van der Waals surface area contributed by atoms with Crippen molar-refractivity contribution in [3.63, 3.8) is 0 Å². The van der Waals surface area contributed by atoms with Crippen LogP contribution in [0.15, 0.2) is 53.5 Å². The molecule has 0 bridgehead atoms. The van der Waals surface area contributed by atoms with Gasteiger partial charge in [0.05, 0.1) is 13.7 Å². The highest BCUT2D eigenvalue weighted by Gasteiger charge is 2.08. The number of rotatable bonds is 7. The molecule has 0 atom stereocenters. The molecular formula is C19H25N3O3. The van der Waals surface area contributed by atoms with E-state index in [0.717, 1.165) is 17.3 Å². The number of ether oxygens (including phenoxy) is 2. The van der Waals surface area contributed by atoms with E-state index in [0.29, 0.717) is 25.4 Å². The lowest BCUT2D eigenvalue weighted by atomic mass is 10.2. The summed E-state index contributed by atoms with van der Waals surface area (Å²) in [5.74, 6) is 2.49. The number of likely N-dealkylation sites (N-methyl/N-ethyl adjacent to an activating group) is 1. The number of nitrogens with zero attached hydrogens (tertiary/aromatic N) is 2. The van der Waals surface area contributed by atoms with Crippen LogP contribution < -0.4 is 14.8 Å². The maximum atomic E-state index is 9.95. The number of nitrogens with one attached hydrogen (secondary N) is 1. The second-order valence-corrected chi connectivity index (χ2v) is 5.48. The SMILES string of the molecule is CN=C(NCc1cc(OC)ccc1O)N(C)CCOc1ccccc1. The number of phenols is 1. The van der Waals surface area contributed by atoms with E-state index in [4.69, 9.17) is 9.47 Å². The molecule has 0 heterocycles. The number of aromatic hydroxyl groups is 1. The molecule has 0 unspecified atom stereocenters. The molecule has 2 aromatic carbocycles. The molecule has 0 amide bonds. The lowest BCUT2D eigenvalue weighted by Crippen LogP contribution is -2.40. The first-order valence-electron chi connectivity index (χ1n) is 8.09. The number of aliphatic imine (C=N–C) groups is 1. The Bertz CT molecular complexity index is 690. The van der Waals surface area contributed by atoms with Gasteiger partial charge in [-0.25, -0.2) is 0 Å². The maximum Gasteiger partial charge on any atom is 0.193 e. The zero-order valence-corrected chi connectivity index (χ0v) is 14.9. The first-order valence-corrected chi connectivity index (χ1v) is 8.09. The van der Waals surface area contributed by atoms with Crippen LogP contribution in [0.5, 0.6) is 17.2 Å². The van der Waals surface area contributed by atoms with Crippen molar-refractivity contribution < 1.29 is 14.6 Å². The fourth-order valence-corrected chi connectivity index (χ4v) is 2.31. The molecule has 6 heteroatoms. The highest BCUT2D eigenvalue weighted by molar-refractivity contribution is 5.79. The summed E-state index contributed by atoms with van der Waals surface area (Å²) in [4.78, 5) is 6.24. The largest absolute Gasteiger partial charge is 0.508 e. The molecule has 0 aromatic heterocycles. The van der Waals surface area contributed by atoms with Crippen molar-refractivity contribution in [3.05, 3.63) is 54.1 Å². The number of hydrogen-bond acceptors (Lipinski definition) is 4. The molecule has 134 valence electrons. The average Bonchev–Trinajstić information content (AvgIpc) is 2.64. The third kappa shape index (κ3) is 5.60. The summed E-state index contributed by atoms with van der Waals surface area (Å²) in [7, 11) is 5.26. The molecule has 0 fully saturated rings. The number of guanidine groups is 1. The molecule has 0 aliphatic heterocycles. The van der Waals surface area contributed by atoms with Crippen molar-refractivity contribution in [2.45, 2.75) is 6.54 Å². The summed E-state index contributed by atoms with van der Waals surface area (Å²) < 4.78 is 10.9. The van der Waals surface area contributed by atoms with E-state index in [1.165, 1.54) is 0 Å². The van der Waals surface area contributed by atoms with Gasteiger partial charge in [0.2, 0.25) is 0 Å². The molecule has 0 aliphatic carbocycles. The first-order chi connectivity index (χ1) is 12.1. The molecule has 2 rings (SSSR count). The van der Waals surface area contributed by atoms with E-state index in [9.17, 15) is 5.11 Å². The van der Waals surface area contributed by atoms with Crippen molar-refractivity contribution in [2.75, 3.05) is 34.4 Å². The standard InChI is InChI=1S/C19H25N3O3/c1-20-19(21-14-15-13-17(24-3)9-10-18(15)23)22(2)11-12-25-16-7-5-4-6-8-16/h4-10,13,23H,11-12,14H2,1-3H3,(H,20,21). The van der Waals surface area contributed by atoms with Gasteiger partial charge in [-0.05, 0) is 30.3 Å². The van der Waals surface area contributed by atoms with Crippen molar-refractivity contribution in [2.24, 2.45) is 4.99 Å². The normalized spacial score (nSPS) is 11.1. The van der Waals surface area contributed by atoms with E-state index in [1.54, 1.807) is 32.4 Å². The van der Waals surface area contributed by atoms with Crippen molar-refractivity contribution in [1.82, 2.24) is 10.2 Å². The van der Waals surface area contributed by atoms with E-state index in [2.05, 4.69) is 10.3 Å². The van der Waals surface area contributed by atoms with Crippen LogP contribution in [-0.2, 0) is 6.54 Å². The Balaban J connectivity index is 1.85. The maximum absolute atomic E-state index is 9.95. The summed E-state index contributed by atoms with van der Waals surface area (Å²) in [6, 6.07) is 14.8. The van der Waals surface area contributed by atoms with Crippen LogP contribution in [0.4, 0.5) is 0 Å². The van der Waals surface area contributed by atoms with Crippen LogP contribution in [0.25, 0.3) is 0 Å².